The Morgan fingerprint density at radius 3 is 2.65 bits per heavy atom. The number of rotatable bonds is 3. The number of anilines is 1. The van der Waals surface area contributed by atoms with E-state index in [0.29, 0.717) is 31.6 Å². The van der Waals surface area contributed by atoms with Crippen molar-refractivity contribution in [3.63, 3.8) is 0 Å². The maximum absolute atomic E-state index is 13.8. The highest BCUT2D eigenvalue weighted by atomic mass is 32.1. The molecule has 0 bridgehead atoms. The van der Waals surface area contributed by atoms with Crippen molar-refractivity contribution in [2.45, 2.75) is 19.8 Å². The second-order valence-corrected chi connectivity index (χ2v) is 5.38. The fourth-order valence-corrected chi connectivity index (χ4v) is 2.63. The van der Waals surface area contributed by atoms with E-state index in [1.165, 1.54) is 6.07 Å². The van der Waals surface area contributed by atoms with Crippen LogP contribution in [0.15, 0.2) is 18.2 Å². The van der Waals surface area contributed by atoms with Crippen molar-refractivity contribution in [1.82, 2.24) is 0 Å². The SMILES string of the molecule is Cc1cccc(F)c1NC(=O)C1(C(N)=S)CCOCC1. The van der Waals surface area contributed by atoms with E-state index >= 15 is 0 Å². The largest absolute Gasteiger partial charge is 0.392 e. The molecule has 6 heteroatoms. The van der Waals surface area contributed by atoms with Crippen LogP contribution in [0, 0.1) is 18.2 Å². The summed E-state index contributed by atoms with van der Waals surface area (Å²) in [6.45, 7) is 2.57. The summed E-state index contributed by atoms with van der Waals surface area (Å²) in [5.41, 5.74) is 5.63. The second kappa shape index (κ2) is 5.85. The molecule has 1 aliphatic rings. The highest BCUT2D eigenvalue weighted by molar-refractivity contribution is 7.80. The Morgan fingerprint density at radius 2 is 2.10 bits per heavy atom. The molecule has 1 aromatic rings. The Hall–Kier alpha value is -1.53. The van der Waals surface area contributed by atoms with Crippen LogP contribution in [-0.2, 0) is 9.53 Å². The topological polar surface area (TPSA) is 64.4 Å². The van der Waals surface area contributed by atoms with Crippen LogP contribution in [0.1, 0.15) is 18.4 Å². The van der Waals surface area contributed by atoms with Gasteiger partial charge >= 0.3 is 0 Å². The van der Waals surface area contributed by atoms with Gasteiger partial charge in [-0.25, -0.2) is 4.39 Å². The molecule has 1 aliphatic heterocycles. The molecule has 0 atom stereocenters. The van der Waals surface area contributed by atoms with Gasteiger partial charge in [-0.3, -0.25) is 4.79 Å². The minimum atomic E-state index is -0.956. The van der Waals surface area contributed by atoms with E-state index in [2.05, 4.69) is 5.32 Å². The third-order valence-corrected chi connectivity index (χ3v) is 4.10. The maximum atomic E-state index is 13.8. The monoisotopic (exact) mass is 296 g/mol. The van der Waals surface area contributed by atoms with E-state index in [1.54, 1.807) is 19.1 Å². The number of amides is 1. The first-order chi connectivity index (χ1) is 9.47. The van der Waals surface area contributed by atoms with Gasteiger partial charge in [-0.15, -0.1) is 0 Å². The Morgan fingerprint density at radius 1 is 1.45 bits per heavy atom. The molecule has 108 valence electrons. The molecule has 2 rings (SSSR count). The van der Waals surface area contributed by atoms with Crippen molar-refractivity contribution in [2.75, 3.05) is 18.5 Å². The summed E-state index contributed by atoms with van der Waals surface area (Å²) < 4.78 is 19.1. The van der Waals surface area contributed by atoms with Gasteiger partial charge < -0.3 is 15.8 Å². The number of carbonyl (C=O) groups excluding carboxylic acids is 1. The number of benzene rings is 1. The van der Waals surface area contributed by atoms with Crippen molar-refractivity contribution in [2.24, 2.45) is 11.1 Å². The van der Waals surface area contributed by atoms with Crippen LogP contribution in [-0.4, -0.2) is 24.1 Å². The zero-order chi connectivity index (χ0) is 14.8. The summed E-state index contributed by atoms with van der Waals surface area (Å²) in [5.74, 6) is -0.829. The highest BCUT2D eigenvalue weighted by Crippen LogP contribution is 2.33. The summed E-state index contributed by atoms with van der Waals surface area (Å²) in [5, 5.41) is 2.63. The molecule has 0 aromatic heterocycles. The number of halogens is 1. The zero-order valence-electron chi connectivity index (χ0n) is 11.2. The van der Waals surface area contributed by atoms with E-state index in [9.17, 15) is 9.18 Å². The second-order valence-electron chi connectivity index (χ2n) is 4.94. The minimum Gasteiger partial charge on any atom is -0.392 e. The molecule has 1 heterocycles. The molecule has 0 spiro atoms. The fourth-order valence-electron chi connectivity index (χ4n) is 2.33. The van der Waals surface area contributed by atoms with Gasteiger partial charge in [0.1, 0.15) is 11.2 Å². The van der Waals surface area contributed by atoms with E-state index in [1.807, 2.05) is 0 Å². The lowest BCUT2D eigenvalue weighted by Crippen LogP contribution is -2.49. The number of ether oxygens (including phenoxy) is 1. The third kappa shape index (κ3) is 2.66. The minimum absolute atomic E-state index is 0.132. The lowest BCUT2D eigenvalue weighted by atomic mass is 9.79. The van der Waals surface area contributed by atoms with Gasteiger partial charge in [0.05, 0.1) is 10.7 Å². The van der Waals surface area contributed by atoms with Crippen LogP contribution in [0.4, 0.5) is 10.1 Å². The van der Waals surface area contributed by atoms with E-state index < -0.39 is 11.2 Å². The quantitative estimate of drug-likeness (QED) is 0.839. The van der Waals surface area contributed by atoms with Crippen LogP contribution in [0.5, 0.6) is 0 Å². The lowest BCUT2D eigenvalue weighted by molar-refractivity contribution is -0.126. The van der Waals surface area contributed by atoms with E-state index in [0.717, 1.165) is 0 Å². The predicted octanol–water partition coefficient (Wildman–Crippen LogP) is 2.16. The Labute approximate surface area is 122 Å². The van der Waals surface area contributed by atoms with Gasteiger partial charge in [-0.05, 0) is 31.4 Å². The first kappa shape index (κ1) is 14.9. The number of thiocarbonyl (C=S) groups is 1. The fraction of sp³-hybridized carbons (Fsp3) is 0.429. The molecule has 1 fully saturated rings. The highest BCUT2D eigenvalue weighted by Gasteiger charge is 2.43. The zero-order valence-corrected chi connectivity index (χ0v) is 12.1. The molecule has 0 saturated carbocycles. The van der Waals surface area contributed by atoms with Gasteiger partial charge in [-0.1, -0.05) is 24.4 Å². The smallest absolute Gasteiger partial charge is 0.237 e. The number of hydrogen-bond donors (Lipinski definition) is 2. The molecule has 20 heavy (non-hydrogen) atoms. The molecular formula is C14H17FN2O2S. The Kier molecular flexibility index (Phi) is 4.35. The number of para-hydroxylation sites is 1. The number of hydrogen-bond acceptors (Lipinski definition) is 3. The van der Waals surface area contributed by atoms with Gasteiger partial charge in [0.15, 0.2) is 0 Å². The van der Waals surface area contributed by atoms with Crippen molar-refractivity contribution in [3.8, 4) is 0 Å². The normalized spacial score (nSPS) is 17.5. The molecule has 0 aliphatic carbocycles. The number of nitrogens with two attached hydrogens (primary N) is 1. The van der Waals surface area contributed by atoms with Crippen molar-refractivity contribution < 1.29 is 13.9 Å². The number of nitrogens with one attached hydrogen (secondary N) is 1. The summed E-state index contributed by atoms with van der Waals surface area (Å²) in [4.78, 5) is 12.7. The molecule has 4 nitrogen and oxygen atoms in total. The summed E-state index contributed by atoms with van der Waals surface area (Å²) in [6, 6.07) is 4.63. The molecule has 0 unspecified atom stereocenters. The summed E-state index contributed by atoms with van der Waals surface area (Å²) in [7, 11) is 0. The van der Waals surface area contributed by atoms with Gasteiger partial charge in [0.2, 0.25) is 5.91 Å². The molecule has 0 radical (unpaired) electrons. The van der Waals surface area contributed by atoms with Gasteiger partial charge in [-0.2, -0.15) is 0 Å². The first-order valence-electron chi connectivity index (χ1n) is 6.41. The number of aryl methyl sites for hydroxylation is 1. The van der Waals surface area contributed by atoms with Crippen LogP contribution in [0.2, 0.25) is 0 Å². The van der Waals surface area contributed by atoms with Crippen LogP contribution < -0.4 is 11.1 Å². The molecule has 1 amide bonds. The van der Waals surface area contributed by atoms with Crippen molar-refractivity contribution in [3.05, 3.63) is 29.6 Å². The van der Waals surface area contributed by atoms with E-state index in [-0.39, 0.29) is 16.6 Å². The average molecular weight is 296 g/mol. The maximum Gasteiger partial charge on any atom is 0.237 e. The average Bonchev–Trinajstić information content (AvgIpc) is 2.43. The van der Waals surface area contributed by atoms with Crippen LogP contribution >= 0.6 is 12.2 Å². The Bertz CT molecular complexity index is 522. The summed E-state index contributed by atoms with van der Waals surface area (Å²) >= 11 is 5.05. The van der Waals surface area contributed by atoms with Gasteiger partial charge in [0.25, 0.3) is 0 Å². The van der Waals surface area contributed by atoms with Gasteiger partial charge in [0, 0.05) is 13.2 Å². The summed E-state index contributed by atoms with van der Waals surface area (Å²) in [6.07, 6.45) is 0.837. The van der Waals surface area contributed by atoms with Crippen LogP contribution in [0.3, 0.4) is 0 Å². The van der Waals surface area contributed by atoms with Crippen molar-refractivity contribution in [1.29, 1.82) is 0 Å². The number of carbonyl (C=O) groups is 1. The van der Waals surface area contributed by atoms with Crippen molar-refractivity contribution >= 4 is 28.8 Å². The molecular weight excluding hydrogens is 279 g/mol. The van der Waals surface area contributed by atoms with E-state index in [4.69, 9.17) is 22.7 Å². The molecule has 1 aromatic carbocycles. The third-order valence-electron chi connectivity index (χ3n) is 3.71. The Balaban J connectivity index is 2.28. The first-order valence-corrected chi connectivity index (χ1v) is 6.82. The molecule has 3 N–H and O–H groups in total. The molecule has 1 saturated heterocycles. The predicted molar refractivity (Wildman–Crippen MR) is 79.0 cm³/mol. The van der Waals surface area contributed by atoms with Crippen LogP contribution in [0.25, 0.3) is 0 Å². The lowest BCUT2D eigenvalue weighted by Gasteiger charge is -2.34. The standard InChI is InChI=1S/C14H17FN2O2S/c1-9-3-2-4-10(15)11(9)17-13(18)14(12(16)20)5-7-19-8-6-14/h2-4H,5-8H2,1H3,(H2,16,20)(H,17,18).